The zero-order valence-corrected chi connectivity index (χ0v) is 17.5. The van der Waals surface area contributed by atoms with Gasteiger partial charge in [0.25, 0.3) is 0 Å². The highest BCUT2D eigenvalue weighted by Crippen LogP contribution is 2.24. The summed E-state index contributed by atoms with van der Waals surface area (Å²) in [5.74, 6) is 1.18. The van der Waals surface area contributed by atoms with Gasteiger partial charge >= 0.3 is 6.03 Å². The number of hydrogen-bond acceptors (Lipinski definition) is 7. The number of nitrogens with zero attached hydrogens (tertiary/aromatic N) is 4. The maximum Gasteiger partial charge on any atom is 0.319 e. The van der Waals surface area contributed by atoms with Gasteiger partial charge in [0, 0.05) is 13.1 Å². The number of ether oxygens (including phenoxy) is 2. The predicted octanol–water partition coefficient (Wildman–Crippen LogP) is 2.78. The Morgan fingerprint density at radius 3 is 2.93 bits per heavy atom. The van der Waals surface area contributed by atoms with Gasteiger partial charge in [-0.05, 0) is 38.5 Å². The maximum atomic E-state index is 12.1. The number of anilines is 2. The summed E-state index contributed by atoms with van der Waals surface area (Å²) in [6.07, 6.45) is 1.65. The first-order valence-corrected chi connectivity index (χ1v) is 9.87. The molecule has 10 heteroatoms. The molecule has 1 aliphatic heterocycles. The highest BCUT2D eigenvalue weighted by Gasteiger charge is 2.20. The van der Waals surface area contributed by atoms with Crippen LogP contribution >= 0.6 is 11.6 Å². The minimum Gasteiger partial charge on any atom is -0.477 e. The van der Waals surface area contributed by atoms with Gasteiger partial charge in [-0.25, -0.2) is 9.78 Å². The minimum atomic E-state index is -0.391. The molecule has 1 atom stereocenters. The van der Waals surface area contributed by atoms with Gasteiger partial charge in [0.1, 0.15) is 5.02 Å². The number of carbonyl (C=O) groups is 1. The van der Waals surface area contributed by atoms with Gasteiger partial charge in [-0.3, -0.25) is 0 Å². The summed E-state index contributed by atoms with van der Waals surface area (Å²) in [4.78, 5) is 18.4. The fourth-order valence-electron chi connectivity index (χ4n) is 3.03. The molecule has 0 spiro atoms. The topological polar surface area (TPSA) is 102 Å². The number of hydrogen-bond donors (Lipinski definition) is 2. The third-order valence-corrected chi connectivity index (χ3v) is 4.60. The van der Waals surface area contributed by atoms with Crippen LogP contribution in [0.1, 0.15) is 25.1 Å². The second-order valence-corrected chi connectivity index (χ2v) is 7.13. The van der Waals surface area contributed by atoms with Gasteiger partial charge in [0.15, 0.2) is 5.82 Å². The van der Waals surface area contributed by atoms with E-state index in [4.69, 9.17) is 21.1 Å². The van der Waals surface area contributed by atoms with E-state index in [0.29, 0.717) is 35.5 Å². The quantitative estimate of drug-likeness (QED) is 0.740. The van der Waals surface area contributed by atoms with Crippen molar-refractivity contribution in [3.63, 3.8) is 0 Å². The molecular formula is C19H25ClN6O3. The lowest BCUT2D eigenvalue weighted by molar-refractivity contribution is 0.0528. The van der Waals surface area contributed by atoms with Gasteiger partial charge in [-0.2, -0.15) is 5.10 Å². The zero-order valence-electron chi connectivity index (χ0n) is 16.7. The van der Waals surface area contributed by atoms with E-state index in [0.717, 1.165) is 24.5 Å². The summed E-state index contributed by atoms with van der Waals surface area (Å²) in [5.41, 5.74) is 2.15. The van der Waals surface area contributed by atoms with Crippen LogP contribution in [0.15, 0.2) is 18.3 Å². The minimum absolute atomic E-state index is 0.167. The van der Waals surface area contributed by atoms with Crippen LogP contribution in [-0.4, -0.2) is 53.6 Å². The van der Waals surface area contributed by atoms with E-state index in [2.05, 4.69) is 30.7 Å². The summed E-state index contributed by atoms with van der Waals surface area (Å²) in [6, 6.07) is 3.12. The third-order valence-electron chi connectivity index (χ3n) is 4.33. The van der Waals surface area contributed by atoms with Crippen molar-refractivity contribution in [2.45, 2.75) is 33.4 Å². The fourth-order valence-corrected chi connectivity index (χ4v) is 3.25. The van der Waals surface area contributed by atoms with Crippen LogP contribution < -0.4 is 20.3 Å². The first-order valence-electron chi connectivity index (χ1n) is 9.49. The van der Waals surface area contributed by atoms with Crippen molar-refractivity contribution in [1.29, 1.82) is 0 Å². The average Bonchev–Trinajstić information content (AvgIpc) is 2.69. The van der Waals surface area contributed by atoms with E-state index in [9.17, 15) is 4.79 Å². The molecule has 3 heterocycles. The smallest absolute Gasteiger partial charge is 0.319 e. The number of halogens is 1. The second-order valence-electron chi connectivity index (χ2n) is 6.72. The van der Waals surface area contributed by atoms with Crippen LogP contribution in [0.25, 0.3) is 0 Å². The van der Waals surface area contributed by atoms with Crippen LogP contribution in [0.3, 0.4) is 0 Å². The molecule has 2 N–H and O–H groups in total. The van der Waals surface area contributed by atoms with Crippen LogP contribution in [0.5, 0.6) is 5.88 Å². The highest BCUT2D eigenvalue weighted by atomic mass is 35.5. The third kappa shape index (κ3) is 5.68. The second kappa shape index (κ2) is 9.71. The first kappa shape index (κ1) is 21.1. The number of morpholine rings is 1. The van der Waals surface area contributed by atoms with Crippen LogP contribution in [0, 0.1) is 6.92 Å². The van der Waals surface area contributed by atoms with Crippen molar-refractivity contribution >= 4 is 29.1 Å². The molecule has 9 nitrogen and oxygen atoms in total. The molecule has 1 saturated heterocycles. The summed E-state index contributed by atoms with van der Waals surface area (Å²) in [5, 5.41) is 14.4. The van der Waals surface area contributed by atoms with E-state index >= 15 is 0 Å². The maximum absolute atomic E-state index is 12.1. The lowest BCUT2D eigenvalue weighted by atomic mass is 10.2. The predicted molar refractivity (Wildman–Crippen MR) is 111 cm³/mol. The number of urea groups is 1. The zero-order chi connectivity index (χ0) is 20.8. The number of nitrogens with one attached hydrogen (secondary N) is 2. The molecule has 1 unspecified atom stereocenters. The molecule has 0 aliphatic carbocycles. The first-order chi connectivity index (χ1) is 14.0. The molecule has 2 amide bonds. The highest BCUT2D eigenvalue weighted by molar-refractivity contribution is 6.32. The van der Waals surface area contributed by atoms with Crippen LogP contribution in [-0.2, 0) is 11.3 Å². The van der Waals surface area contributed by atoms with Crippen molar-refractivity contribution in [1.82, 2.24) is 20.5 Å². The molecule has 2 aromatic rings. The van der Waals surface area contributed by atoms with Crippen molar-refractivity contribution in [2.24, 2.45) is 0 Å². The van der Waals surface area contributed by atoms with Gasteiger partial charge < -0.3 is 25.0 Å². The standard InChI is InChI=1S/C19H25ClN6O3/c1-4-28-18-16(20)8-14(9-21-18)23-19(27)22-10-15-7-12(2)17(25-24-15)26-5-6-29-13(3)11-26/h7-9,13H,4-6,10-11H2,1-3H3,(H2,22,23,27). The number of aromatic nitrogens is 3. The SMILES string of the molecule is CCOc1ncc(NC(=O)NCc2cc(C)c(N3CCOC(C)C3)nn2)cc1Cl. The Labute approximate surface area is 174 Å². The van der Waals surface area contributed by atoms with Crippen molar-refractivity contribution in [3.05, 3.63) is 34.6 Å². The van der Waals surface area contributed by atoms with Crippen LogP contribution in [0.2, 0.25) is 5.02 Å². The number of carbonyl (C=O) groups excluding carboxylic acids is 1. The molecule has 0 saturated carbocycles. The van der Waals surface area contributed by atoms with Crippen molar-refractivity contribution < 1.29 is 14.3 Å². The largest absolute Gasteiger partial charge is 0.477 e. The van der Waals surface area contributed by atoms with E-state index in [1.165, 1.54) is 6.20 Å². The van der Waals surface area contributed by atoms with E-state index in [1.54, 1.807) is 6.07 Å². The van der Waals surface area contributed by atoms with E-state index in [1.807, 2.05) is 26.8 Å². The Morgan fingerprint density at radius 1 is 1.41 bits per heavy atom. The molecule has 3 rings (SSSR count). The van der Waals surface area contributed by atoms with Gasteiger partial charge in [0.05, 0.1) is 43.4 Å². The number of rotatable bonds is 6. The number of amides is 2. The van der Waals surface area contributed by atoms with Gasteiger partial charge in [-0.15, -0.1) is 5.10 Å². The number of aryl methyl sites for hydroxylation is 1. The Bertz CT molecular complexity index is 866. The molecule has 1 fully saturated rings. The Balaban J connectivity index is 1.55. The normalized spacial score (nSPS) is 16.4. The molecule has 0 aromatic carbocycles. The Morgan fingerprint density at radius 2 is 2.24 bits per heavy atom. The molecule has 1 aliphatic rings. The molecule has 29 heavy (non-hydrogen) atoms. The number of pyridine rings is 1. The molecule has 2 aromatic heterocycles. The molecule has 0 bridgehead atoms. The Kier molecular flexibility index (Phi) is 7.05. The summed E-state index contributed by atoms with van der Waals surface area (Å²) < 4.78 is 10.8. The van der Waals surface area contributed by atoms with Gasteiger partial charge in [-0.1, -0.05) is 11.6 Å². The van der Waals surface area contributed by atoms with Crippen molar-refractivity contribution in [3.8, 4) is 5.88 Å². The summed E-state index contributed by atoms with van der Waals surface area (Å²) in [6.45, 7) is 8.83. The van der Waals surface area contributed by atoms with E-state index < -0.39 is 6.03 Å². The van der Waals surface area contributed by atoms with Gasteiger partial charge in [0.2, 0.25) is 5.88 Å². The molecule has 156 valence electrons. The average molecular weight is 421 g/mol. The summed E-state index contributed by atoms with van der Waals surface area (Å²) in [7, 11) is 0. The Hall–Kier alpha value is -2.65. The van der Waals surface area contributed by atoms with Crippen LogP contribution in [0.4, 0.5) is 16.3 Å². The van der Waals surface area contributed by atoms with Crippen molar-refractivity contribution in [2.75, 3.05) is 36.5 Å². The summed E-state index contributed by atoms with van der Waals surface area (Å²) >= 11 is 6.08. The molecule has 0 radical (unpaired) electrons. The lowest BCUT2D eigenvalue weighted by Crippen LogP contribution is -2.42. The van der Waals surface area contributed by atoms with E-state index in [-0.39, 0.29) is 12.6 Å². The lowest BCUT2D eigenvalue weighted by Gasteiger charge is -2.32. The fraction of sp³-hybridized carbons (Fsp3) is 0.474. The monoisotopic (exact) mass is 420 g/mol. The molecular weight excluding hydrogens is 396 g/mol.